The molecule has 1 aliphatic rings. The Morgan fingerprint density at radius 1 is 1.05 bits per heavy atom. The lowest BCUT2D eigenvalue weighted by atomic mass is 10.1. The van der Waals surface area contributed by atoms with Crippen LogP contribution in [0.2, 0.25) is 0 Å². The zero-order chi connectivity index (χ0) is 31.2. The van der Waals surface area contributed by atoms with Crippen molar-refractivity contribution in [2.75, 3.05) is 26.1 Å². The number of aryl methyl sites for hydroxylation is 1. The summed E-state index contributed by atoms with van der Waals surface area (Å²) in [5.41, 5.74) is 2.56. The molecule has 44 heavy (non-hydrogen) atoms. The summed E-state index contributed by atoms with van der Waals surface area (Å²) in [5.74, 6) is 0.679. The van der Waals surface area contributed by atoms with E-state index in [0.29, 0.717) is 44.3 Å². The molecule has 2 aromatic carbocycles. The molecule has 0 spiro atoms. The number of ether oxygens (including phenoxy) is 3. The number of hydrogen-bond donors (Lipinski definition) is 2. The Bertz CT molecular complexity index is 1670. The first kappa shape index (κ1) is 31.1. The van der Waals surface area contributed by atoms with Crippen molar-refractivity contribution in [3.05, 3.63) is 75.9 Å². The fourth-order valence-corrected chi connectivity index (χ4v) is 7.05. The summed E-state index contributed by atoms with van der Waals surface area (Å²) in [6, 6.07) is 14.2. The highest BCUT2D eigenvalue weighted by molar-refractivity contribution is 8.00. The molecule has 0 saturated carbocycles. The number of aromatic nitrogens is 3. The molecule has 0 radical (unpaired) electrons. The van der Waals surface area contributed by atoms with Crippen LogP contribution in [0.4, 0.5) is 5.00 Å². The number of carbonyl (C=O) groups excluding carboxylic acids is 3. The van der Waals surface area contributed by atoms with Crippen LogP contribution in [-0.4, -0.2) is 58.6 Å². The highest BCUT2D eigenvalue weighted by atomic mass is 32.2. The predicted molar refractivity (Wildman–Crippen MR) is 168 cm³/mol. The van der Waals surface area contributed by atoms with Crippen LogP contribution in [-0.2, 0) is 28.9 Å². The van der Waals surface area contributed by atoms with Gasteiger partial charge in [-0.25, -0.2) is 4.79 Å². The van der Waals surface area contributed by atoms with Crippen molar-refractivity contribution < 1.29 is 28.6 Å². The Hall–Kier alpha value is -4.36. The number of nitrogens with one attached hydrogen (secondary N) is 2. The quantitative estimate of drug-likeness (QED) is 0.162. The Morgan fingerprint density at radius 3 is 2.55 bits per heavy atom. The zero-order valence-electron chi connectivity index (χ0n) is 24.8. The van der Waals surface area contributed by atoms with Gasteiger partial charge in [-0.3, -0.25) is 14.2 Å². The van der Waals surface area contributed by atoms with Crippen molar-refractivity contribution in [3.8, 4) is 17.2 Å². The molecule has 0 unspecified atom stereocenters. The highest BCUT2D eigenvalue weighted by Gasteiger charge is 2.30. The summed E-state index contributed by atoms with van der Waals surface area (Å²) in [6.45, 7) is 3.85. The topological polar surface area (TPSA) is 134 Å². The number of benzene rings is 2. The van der Waals surface area contributed by atoms with E-state index in [9.17, 15) is 14.4 Å². The number of esters is 1. The van der Waals surface area contributed by atoms with Crippen molar-refractivity contribution in [1.29, 1.82) is 0 Å². The van der Waals surface area contributed by atoms with Crippen LogP contribution in [0.1, 0.15) is 57.2 Å². The minimum absolute atomic E-state index is 0.0701. The van der Waals surface area contributed by atoms with Gasteiger partial charge in [-0.1, -0.05) is 23.9 Å². The zero-order valence-corrected chi connectivity index (χ0v) is 26.5. The molecule has 0 aliphatic heterocycles. The average molecular weight is 636 g/mol. The largest absolute Gasteiger partial charge is 0.497 e. The van der Waals surface area contributed by atoms with Gasteiger partial charge in [0.25, 0.3) is 5.91 Å². The van der Waals surface area contributed by atoms with E-state index >= 15 is 0 Å². The number of nitrogens with zero attached hydrogens (tertiary/aromatic N) is 3. The first-order valence-corrected chi connectivity index (χ1v) is 15.8. The molecule has 13 heteroatoms. The third kappa shape index (κ3) is 6.58. The van der Waals surface area contributed by atoms with Crippen molar-refractivity contribution in [2.24, 2.45) is 0 Å². The molecule has 2 amide bonds. The molecule has 11 nitrogen and oxygen atoms in total. The lowest BCUT2D eigenvalue weighted by Crippen LogP contribution is -2.25. The number of fused-ring (bicyclic) bond motifs is 1. The smallest absolute Gasteiger partial charge is 0.341 e. The molecule has 230 valence electrons. The van der Waals surface area contributed by atoms with E-state index in [0.717, 1.165) is 29.7 Å². The first-order valence-electron chi connectivity index (χ1n) is 14.1. The third-order valence-corrected chi connectivity index (χ3v) is 9.32. The van der Waals surface area contributed by atoms with Gasteiger partial charge in [0.15, 0.2) is 11.0 Å². The highest BCUT2D eigenvalue weighted by Crippen LogP contribution is 2.40. The van der Waals surface area contributed by atoms with Gasteiger partial charge in [-0.15, -0.1) is 21.5 Å². The SMILES string of the molecule is CCOC(=O)c1c(NC(=O)[C@@H](C)Sc2nnc(CNC(=O)c3ccc(OC)cc3)n2-c2ccccc2OC)sc2c1CCC2. The standard InChI is InChI=1S/C31H33N5O6S2/c1-5-42-30(39)26-21-9-8-12-24(21)44-29(26)33-27(37)18(2)43-31-35-34-25(36(31)22-10-6-7-11-23(22)41-4)17-32-28(38)19-13-15-20(40-3)16-14-19/h6-7,10-11,13-16,18H,5,8-9,12,17H2,1-4H3,(H,32,38)(H,33,37)/t18-/m1/s1. The number of methoxy groups -OCH3 is 2. The summed E-state index contributed by atoms with van der Waals surface area (Å²) in [7, 11) is 3.13. The molecule has 0 fully saturated rings. The molecule has 1 aliphatic carbocycles. The number of thiophene rings is 1. The second-order valence-corrected chi connectivity index (χ2v) is 12.3. The van der Waals surface area contributed by atoms with Crippen LogP contribution in [0.5, 0.6) is 11.5 Å². The van der Waals surface area contributed by atoms with Crippen molar-refractivity contribution >= 4 is 45.9 Å². The Kier molecular flexibility index (Phi) is 9.85. The molecule has 5 rings (SSSR count). The van der Waals surface area contributed by atoms with Gasteiger partial charge >= 0.3 is 5.97 Å². The van der Waals surface area contributed by atoms with Crippen LogP contribution in [0.15, 0.2) is 53.7 Å². The number of para-hydroxylation sites is 2. The molecule has 0 saturated heterocycles. The average Bonchev–Trinajstić information content (AvgIpc) is 3.74. The van der Waals surface area contributed by atoms with E-state index in [1.54, 1.807) is 56.9 Å². The van der Waals surface area contributed by atoms with E-state index in [-0.39, 0.29) is 25.0 Å². The molecule has 1 atom stereocenters. The monoisotopic (exact) mass is 635 g/mol. The Morgan fingerprint density at radius 2 is 1.82 bits per heavy atom. The normalized spacial score (nSPS) is 12.7. The molecule has 2 heterocycles. The van der Waals surface area contributed by atoms with E-state index in [1.165, 1.54) is 23.1 Å². The maximum atomic E-state index is 13.4. The number of hydrogen-bond acceptors (Lipinski definition) is 10. The lowest BCUT2D eigenvalue weighted by Gasteiger charge is -2.16. The van der Waals surface area contributed by atoms with Gasteiger partial charge < -0.3 is 24.8 Å². The summed E-state index contributed by atoms with van der Waals surface area (Å²) >= 11 is 2.64. The van der Waals surface area contributed by atoms with Gasteiger partial charge in [0.1, 0.15) is 16.5 Å². The number of rotatable bonds is 12. The Labute approximate surface area is 263 Å². The van der Waals surface area contributed by atoms with Crippen LogP contribution >= 0.6 is 23.1 Å². The summed E-state index contributed by atoms with van der Waals surface area (Å²) in [4.78, 5) is 40.2. The maximum Gasteiger partial charge on any atom is 0.341 e. The second kappa shape index (κ2) is 14.0. The first-order chi connectivity index (χ1) is 21.3. The Balaban J connectivity index is 1.37. The van der Waals surface area contributed by atoms with Crippen molar-refractivity contribution in [3.63, 3.8) is 0 Å². The molecular formula is C31H33N5O6S2. The van der Waals surface area contributed by atoms with Crippen LogP contribution < -0.4 is 20.1 Å². The molecule has 4 aromatic rings. The lowest BCUT2D eigenvalue weighted by molar-refractivity contribution is -0.115. The van der Waals surface area contributed by atoms with Crippen LogP contribution in [0, 0.1) is 0 Å². The van der Waals surface area contributed by atoms with Gasteiger partial charge in [0, 0.05) is 10.4 Å². The molecular weight excluding hydrogens is 603 g/mol. The van der Waals surface area contributed by atoms with Gasteiger partial charge in [0.05, 0.1) is 43.9 Å². The minimum Gasteiger partial charge on any atom is -0.497 e. The molecule has 0 bridgehead atoms. The maximum absolute atomic E-state index is 13.4. The fraction of sp³-hybridized carbons (Fsp3) is 0.323. The summed E-state index contributed by atoms with van der Waals surface area (Å²) in [5, 5.41) is 14.9. The number of thioether (sulfide) groups is 1. The molecule has 2 N–H and O–H groups in total. The van der Waals surface area contributed by atoms with Gasteiger partial charge in [-0.05, 0) is 75.1 Å². The van der Waals surface area contributed by atoms with Crippen LogP contribution in [0.3, 0.4) is 0 Å². The number of carbonyl (C=O) groups is 3. The molecule has 2 aromatic heterocycles. The van der Waals surface area contributed by atoms with E-state index in [4.69, 9.17) is 14.2 Å². The van der Waals surface area contributed by atoms with Gasteiger partial charge in [-0.2, -0.15) is 0 Å². The third-order valence-electron chi connectivity index (χ3n) is 7.07. The summed E-state index contributed by atoms with van der Waals surface area (Å²) in [6.07, 6.45) is 2.65. The number of amides is 2. The summed E-state index contributed by atoms with van der Waals surface area (Å²) < 4.78 is 17.8. The predicted octanol–water partition coefficient (Wildman–Crippen LogP) is 5.06. The van der Waals surface area contributed by atoms with Crippen molar-refractivity contribution in [2.45, 2.75) is 50.1 Å². The fourth-order valence-electron chi connectivity index (χ4n) is 4.89. The second-order valence-electron chi connectivity index (χ2n) is 9.85. The van der Waals surface area contributed by atoms with E-state index in [1.807, 2.05) is 24.3 Å². The van der Waals surface area contributed by atoms with Crippen LogP contribution in [0.25, 0.3) is 5.69 Å². The minimum atomic E-state index is -0.610. The van der Waals surface area contributed by atoms with Gasteiger partial charge in [0.2, 0.25) is 5.91 Å². The van der Waals surface area contributed by atoms with E-state index in [2.05, 4.69) is 20.8 Å². The van der Waals surface area contributed by atoms with Crippen molar-refractivity contribution in [1.82, 2.24) is 20.1 Å². The number of anilines is 1. The van der Waals surface area contributed by atoms with E-state index < -0.39 is 11.2 Å².